The summed E-state index contributed by atoms with van der Waals surface area (Å²) in [5.41, 5.74) is 0. The van der Waals surface area contributed by atoms with Crippen molar-refractivity contribution in [2.24, 2.45) is 11.8 Å². The molecule has 0 bridgehead atoms. The van der Waals surface area contributed by atoms with E-state index in [4.69, 9.17) is 10.2 Å². The molecule has 0 amide bonds. The molecule has 0 aromatic rings. The highest BCUT2D eigenvalue weighted by Gasteiger charge is 2.24. The molecule has 0 aromatic heterocycles. The quantitative estimate of drug-likeness (QED) is 0.643. The van der Waals surface area contributed by atoms with Gasteiger partial charge < -0.3 is 15.5 Å². The van der Waals surface area contributed by atoms with Crippen LogP contribution in [0, 0.1) is 11.8 Å². The third-order valence-electron chi connectivity index (χ3n) is 2.03. The first kappa shape index (κ1) is 16.3. The van der Waals surface area contributed by atoms with Crippen molar-refractivity contribution in [2.75, 3.05) is 13.1 Å². The van der Waals surface area contributed by atoms with Crippen LogP contribution >= 0.6 is 0 Å². The van der Waals surface area contributed by atoms with Crippen LogP contribution in [0.15, 0.2) is 0 Å². The Bertz CT molecular complexity index is 174. The first-order valence-electron chi connectivity index (χ1n) is 5.04. The lowest BCUT2D eigenvalue weighted by atomic mass is 9.97. The lowest BCUT2D eigenvalue weighted by Gasteiger charge is -2.09. The van der Waals surface area contributed by atoms with E-state index in [1.54, 1.807) is 0 Å². The molecule has 5 heteroatoms. The minimum atomic E-state index is -1.07. The summed E-state index contributed by atoms with van der Waals surface area (Å²) >= 11 is 0. The van der Waals surface area contributed by atoms with E-state index in [9.17, 15) is 9.59 Å². The SMILES string of the molecule is CC(C(=O)O)C(C)C(=O)O.CCNCC. The van der Waals surface area contributed by atoms with Gasteiger partial charge in [0, 0.05) is 0 Å². The minimum Gasteiger partial charge on any atom is -0.481 e. The van der Waals surface area contributed by atoms with E-state index in [-0.39, 0.29) is 0 Å². The van der Waals surface area contributed by atoms with Crippen LogP contribution in [0.5, 0.6) is 0 Å². The van der Waals surface area contributed by atoms with Crippen molar-refractivity contribution in [1.29, 1.82) is 0 Å². The Kier molecular flexibility index (Phi) is 10.3. The molecule has 0 aliphatic carbocycles. The third-order valence-corrected chi connectivity index (χ3v) is 2.03. The second kappa shape index (κ2) is 9.45. The van der Waals surface area contributed by atoms with E-state index in [0.717, 1.165) is 13.1 Å². The number of hydrogen-bond acceptors (Lipinski definition) is 3. The largest absolute Gasteiger partial charge is 0.481 e. The average molecular weight is 219 g/mol. The normalized spacial score (nSPS) is 13.3. The summed E-state index contributed by atoms with van der Waals surface area (Å²) in [5, 5.41) is 19.8. The zero-order valence-electron chi connectivity index (χ0n) is 9.78. The molecular weight excluding hydrogens is 198 g/mol. The first-order valence-corrected chi connectivity index (χ1v) is 5.04. The van der Waals surface area contributed by atoms with Crippen molar-refractivity contribution in [3.8, 4) is 0 Å². The van der Waals surface area contributed by atoms with Crippen LogP contribution in [0.25, 0.3) is 0 Å². The Morgan fingerprint density at radius 1 is 1.00 bits per heavy atom. The van der Waals surface area contributed by atoms with Crippen molar-refractivity contribution in [3.05, 3.63) is 0 Å². The third kappa shape index (κ3) is 9.21. The molecule has 90 valence electrons. The number of carboxylic acid groups (broad SMARTS) is 2. The van der Waals surface area contributed by atoms with E-state index >= 15 is 0 Å². The van der Waals surface area contributed by atoms with Crippen molar-refractivity contribution < 1.29 is 19.8 Å². The molecule has 0 saturated carbocycles. The summed E-state index contributed by atoms with van der Waals surface area (Å²) in [7, 11) is 0. The predicted molar refractivity (Wildman–Crippen MR) is 57.8 cm³/mol. The number of nitrogens with one attached hydrogen (secondary N) is 1. The average Bonchev–Trinajstić information content (AvgIpc) is 2.17. The van der Waals surface area contributed by atoms with Gasteiger partial charge in [-0.1, -0.05) is 27.7 Å². The van der Waals surface area contributed by atoms with Crippen molar-refractivity contribution in [2.45, 2.75) is 27.7 Å². The molecule has 0 aromatic carbocycles. The molecule has 0 aliphatic rings. The molecule has 0 heterocycles. The van der Waals surface area contributed by atoms with Gasteiger partial charge in [0.2, 0.25) is 0 Å². The topological polar surface area (TPSA) is 86.6 Å². The van der Waals surface area contributed by atoms with Gasteiger partial charge >= 0.3 is 11.9 Å². The number of carboxylic acids is 2. The molecular formula is C10H21NO4. The molecule has 3 N–H and O–H groups in total. The highest BCUT2D eigenvalue weighted by atomic mass is 16.4. The second-order valence-corrected chi connectivity index (χ2v) is 3.21. The Balaban J connectivity index is 0. The molecule has 0 radical (unpaired) electrons. The Hall–Kier alpha value is -1.10. The van der Waals surface area contributed by atoms with Gasteiger partial charge in [0.1, 0.15) is 0 Å². The van der Waals surface area contributed by atoms with Gasteiger partial charge in [0.05, 0.1) is 11.8 Å². The van der Waals surface area contributed by atoms with Gasteiger partial charge in [-0.05, 0) is 13.1 Å². The van der Waals surface area contributed by atoms with Crippen molar-refractivity contribution >= 4 is 11.9 Å². The Morgan fingerprint density at radius 3 is 1.33 bits per heavy atom. The fourth-order valence-electron chi connectivity index (χ4n) is 0.678. The maximum Gasteiger partial charge on any atom is 0.307 e. The fraction of sp³-hybridized carbons (Fsp3) is 0.800. The summed E-state index contributed by atoms with van der Waals surface area (Å²) in [6.45, 7) is 9.14. The summed E-state index contributed by atoms with van der Waals surface area (Å²) in [5.74, 6) is -3.79. The Labute approximate surface area is 90.5 Å². The number of hydrogen-bond donors (Lipinski definition) is 3. The highest BCUT2D eigenvalue weighted by Crippen LogP contribution is 2.10. The lowest BCUT2D eigenvalue weighted by molar-refractivity contribution is -0.152. The molecule has 0 spiro atoms. The molecule has 2 atom stereocenters. The molecule has 0 saturated heterocycles. The van der Waals surface area contributed by atoms with Crippen LogP contribution in [0.2, 0.25) is 0 Å². The molecule has 0 fully saturated rings. The summed E-state index contributed by atoms with van der Waals surface area (Å²) in [6.07, 6.45) is 0. The Morgan fingerprint density at radius 2 is 1.27 bits per heavy atom. The second-order valence-electron chi connectivity index (χ2n) is 3.21. The van der Waals surface area contributed by atoms with Gasteiger partial charge in [-0.3, -0.25) is 9.59 Å². The summed E-state index contributed by atoms with van der Waals surface area (Å²) in [6, 6.07) is 0. The highest BCUT2D eigenvalue weighted by molar-refractivity contribution is 5.79. The zero-order chi connectivity index (χ0) is 12.4. The monoisotopic (exact) mass is 219 g/mol. The van der Waals surface area contributed by atoms with Crippen molar-refractivity contribution in [1.82, 2.24) is 5.32 Å². The number of carbonyl (C=O) groups is 2. The first-order chi connectivity index (χ1) is 6.88. The molecule has 15 heavy (non-hydrogen) atoms. The van der Waals surface area contributed by atoms with Crippen LogP contribution in [0.4, 0.5) is 0 Å². The maximum absolute atomic E-state index is 10.2. The van der Waals surface area contributed by atoms with Gasteiger partial charge in [-0.2, -0.15) is 0 Å². The van der Waals surface area contributed by atoms with E-state index < -0.39 is 23.8 Å². The van der Waals surface area contributed by atoms with Crippen LogP contribution in [0.3, 0.4) is 0 Å². The smallest absolute Gasteiger partial charge is 0.307 e. The van der Waals surface area contributed by atoms with E-state index in [1.807, 2.05) is 0 Å². The maximum atomic E-state index is 10.2. The van der Waals surface area contributed by atoms with Gasteiger partial charge in [0.15, 0.2) is 0 Å². The minimum absolute atomic E-state index is 0.822. The zero-order valence-corrected chi connectivity index (χ0v) is 9.78. The van der Waals surface area contributed by atoms with E-state index in [0.29, 0.717) is 0 Å². The molecule has 2 unspecified atom stereocenters. The van der Waals surface area contributed by atoms with Gasteiger partial charge in [-0.25, -0.2) is 0 Å². The van der Waals surface area contributed by atoms with Crippen LogP contribution in [-0.4, -0.2) is 35.2 Å². The van der Waals surface area contributed by atoms with Crippen LogP contribution in [-0.2, 0) is 9.59 Å². The predicted octanol–water partition coefficient (Wildman–Crippen LogP) is 1.04. The number of aliphatic carboxylic acids is 2. The van der Waals surface area contributed by atoms with Crippen LogP contribution < -0.4 is 5.32 Å². The van der Waals surface area contributed by atoms with Crippen LogP contribution in [0.1, 0.15) is 27.7 Å². The van der Waals surface area contributed by atoms with Gasteiger partial charge in [-0.15, -0.1) is 0 Å². The molecule has 5 nitrogen and oxygen atoms in total. The molecule has 0 aliphatic heterocycles. The standard InChI is InChI=1S/C6H10O4.C4H11N/c1-3(5(7)8)4(2)6(9)10;1-3-5-4-2/h3-4H,1-2H3,(H,7,8)(H,9,10);5H,3-4H2,1-2H3. The van der Waals surface area contributed by atoms with E-state index in [1.165, 1.54) is 13.8 Å². The summed E-state index contributed by atoms with van der Waals surface area (Å²) < 4.78 is 0. The van der Waals surface area contributed by atoms with Crippen molar-refractivity contribution in [3.63, 3.8) is 0 Å². The lowest BCUT2D eigenvalue weighted by Crippen LogP contribution is -2.24. The molecule has 0 rings (SSSR count). The van der Waals surface area contributed by atoms with E-state index in [2.05, 4.69) is 19.2 Å². The fourth-order valence-corrected chi connectivity index (χ4v) is 0.678. The summed E-state index contributed by atoms with van der Waals surface area (Å²) in [4.78, 5) is 20.4. The number of rotatable bonds is 5. The van der Waals surface area contributed by atoms with Gasteiger partial charge in [0.25, 0.3) is 0 Å².